The van der Waals surface area contributed by atoms with Gasteiger partial charge in [0.2, 0.25) is 11.8 Å². The third-order valence-corrected chi connectivity index (χ3v) is 5.88. The summed E-state index contributed by atoms with van der Waals surface area (Å²) in [5.74, 6) is -0.677. The number of hydrogen-bond donors (Lipinski definition) is 1. The molecule has 1 aliphatic heterocycles. The molecule has 0 aliphatic carbocycles. The second kappa shape index (κ2) is 6.70. The maximum atomic E-state index is 12.2. The Hall–Kier alpha value is -1.89. The standard InChI is InChI=1S/C16H22N2O4S/c1-11-4-5-12(2)14(8-11)17-15(19)9-16(20)18(3)13-6-7-23(21,22)10-13/h4-5,8,13H,6-7,9-10H2,1-3H3,(H,17,19). The van der Waals surface area contributed by atoms with E-state index >= 15 is 0 Å². The number of carbonyl (C=O) groups is 2. The number of rotatable bonds is 4. The van der Waals surface area contributed by atoms with Crippen LogP contribution in [0.15, 0.2) is 18.2 Å². The average molecular weight is 338 g/mol. The van der Waals surface area contributed by atoms with Crippen LogP contribution in [0.4, 0.5) is 5.69 Å². The Morgan fingerprint density at radius 2 is 2.00 bits per heavy atom. The van der Waals surface area contributed by atoms with E-state index in [4.69, 9.17) is 0 Å². The zero-order valence-corrected chi connectivity index (χ0v) is 14.4. The molecule has 0 saturated carbocycles. The first kappa shape index (κ1) is 17.5. The quantitative estimate of drug-likeness (QED) is 0.838. The summed E-state index contributed by atoms with van der Waals surface area (Å²) in [4.78, 5) is 25.6. The lowest BCUT2D eigenvalue weighted by Gasteiger charge is -2.23. The van der Waals surface area contributed by atoms with Gasteiger partial charge in [-0.2, -0.15) is 0 Å². The second-order valence-electron chi connectivity index (χ2n) is 6.10. The summed E-state index contributed by atoms with van der Waals surface area (Å²) in [7, 11) is -1.50. The van der Waals surface area contributed by atoms with Crippen molar-refractivity contribution in [2.45, 2.75) is 32.7 Å². The van der Waals surface area contributed by atoms with Crippen LogP contribution in [0, 0.1) is 13.8 Å². The van der Waals surface area contributed by atoms with Crippen LogP contribution < -0.4 is 5.32 Å². The maximum absolute atomic E-state index is 12.2. The lowest BCUT2D eigenvalue weighted by molar-refractivity contribution is -0.134. The first-order valence-corrected chi connectivity index (χ1v) is 9.33. The van der Waals surface area contributed by atoms with Gasteiger partial charge in [-0.05, 0) is 37.5 Å². The van der Waals surface area contributed by atoms with Crippen molar-refractivity contribution in [3.8, 4) is 0 Å². The van der Waals surface area contributed by atoms with E-state index in [0.29, 0.717) is 12.1 Å². The summed E-state index contributed by atoms with van der Waals surface area (Å²) < 4.78 is 23.0. The van der Waals surface area contributed by atoms with E-state index in [1.165, 1.54) is 4.90 Å². The van der Waals surface area contributed by atoms with Gasteiger partial charge in [-0.15, -0.1) is 0 Å². The number of carbonyl (C=O) groups excluding carboxylic acids is 2. The number of hydrogen-bond acceptors (Lipinski definition) is 4. The predicted octanol–water partition coefficient (Wildman–Crippen LogP) is 1.28. The molecule has 23 heavy (non-hydrogen) atoms. The summed E-state index contributed by atoms with van der Waals surface area (Å²) in [5.41, 5.74) is 2.63. The molecular weight excluding hydrogens is 316 g/mol. The molecule has 1 N–H and O–H groups in total. The van der Waals surface area contributed by atoms with Crippen LogP contribution in [-0.2, 0) is 19.4 Å². The van der Waals surface area contributed by atoms with E-state index in [0.717, 1.165) is 11.1 Å². The highest BCUT2D eigenvalue weighted by atomic mass is 32.2. The summed E-state index contributed by atoms with van der Waals surface area (Å²) in [6.07, 6.45) is 0.142. The van der Waals surface area contributed by atoms with Crippen LogP contribution >= 0.6 is 0 Å². The number of anilines is 1. The van der Waals surface area contributed by atoms with Gasteiger partial charge in [-0.25, -0.2) is 8.42 Å². The average Bonchev–Trinajstić information content (AvgIpc) is 2.82. The van der Waals surface area contributed by atoms with E-state index in [1.807, 2.05) is 32.0 Å². The second-order valence-corrected chi connectivity index (χ2v) is 8.33. The van der Waals surface area contributed by atoms with E-state index < -0.39 is 15.7 Å². The van der Waals surface area contributed by atoms with Crippen molar-refractivity contribution in [1.29, 1.82) is 0 Å². The molecule has 1 aromatic rings. The Morgan fingerprint density at radius 3 is 2.61 bits per heavy atom. The minimum Gasteiger partial charge on any atom is -0.341 e. The molecule has 1 atom stereocenters. The molecule has 1 fully saturated rings. The van der Waals surface area contributed by atoms with Crippen LogP contribution in [0.2, 0.25) is 0 Å². The topological polar surface area (TPSA) is 83.6 Å². The van der Waals surface area contributed by atoms with Crippen molar-refractivity contribution in [3.05, 3.63) is 29.3 Å². The predicted molar refractivity (Wildman–Crippen MR) is 89.0 cm³/mol. The lowest BCUT2D eigenvalue weighted by Crippen LogP contribution is -2.39. The van der Waals surface area contributed by atoms with Crippen molar-refractivity contribution in [2.75, 3.05) is 23.9 Å². The Labute approximate surface area is 136 Å². The highest BCUT2D eigenvalue weighted by molar-refractivity contribution is 7.91. The van der Waals surface area contributed by atoms with Crippen LogP contribution in [-0.4, -0.2) is 49.7 Å². The van der Waals surface area contributed by atoms with Crippen LogP contribution in [0.3, 0.4) is 0 Å². The van der Waals surface area contributed by atoms with Gasteiger partial charge in [-0.1, -0.05) is 12.1 Å². The SMILES string of the molecule is Cc1ccc(C)c(NC(=O)CC(=O)N(C)C2CCS(=O)(=O)C2)c1. The van der Waals surface area contributed by atoms with Gasteiger partial charge in [0, 0.05) is 18.8 Å². The van der Waals surface area contributed by atoms with Crippen molar-refractivity contribution in [3.63, 3.8) is 0 Å². The normalized spacial score (nSPS) is 19.3. The summed E-state index contributed by atoms with van der Waals surface area (Å²) >= 11 is 0. The van der Waals surface area contributed by atoms with Gasteiger partial charge in [0.05, 0.1) is 11.5 Å². The van der Waals surface area contributed by atoms with Gasteiger partial charge in [0.1, 0.15) is 6.42 Å². The summed E-state index contributed by atoms with van der Waals surface area (Å²) in [5, 5.41) is 2.74. The van der Waals surface area contributed by atoms with Crippen LogP contribution in [0.1, 0.15) is 24.0 Å². The highest BCUT2D eigenvalue weighted by Gasteiger charge is 2.33. The van der Waals surface area contributed by atoms with Gasteiger partial charge in [-0.3, -0.25) is 9.59 Å². The van der Waals surface area contributed by atoms with E-state index in [2.05, 4.69) is 5.32 Å². The molecular formula is C16H22N2O4S. The molecule has 2 rings (SSSR count). The fraction of sp³-hybridized carbons (Fsp3) is 0.500. The Balaban J connectivity index is 1.94. The molecule has 1 saturated heterocycles. The Kier molecular flexibility index (Phi) is 5.09. The zero-order chi connectivity index (χ0) is 17.2. The number of benzene rings is 1. The monoisotopic (exact) mass is 338 g/mol. The molecule has 0 aromatic heterocycles. The third-order valence-electron chi connectivity index (χ3n) is 4.13. The molecule has 6 nitrogen and oxygen atoms in total. The van der Waals surface area contributed by atoms with Crippen molar-refractivity contribution in [2.24, 2.45) is 0 Å². The highest BCUT2D eigenvalue weighted by Crippen LogP contribution is 2.19. The molecule has 0 bridgehead atoms. The Bertz CT molecular complexity index is 728. The summed E-state index contributed by atoms with van der Waals surface area (Å²) in [6, 6.07) is 5.37. The fourth-order valence-electron chi connectivity index (χ4n) is 2.61. The molecule has 0 spiro atoms. The molecule has 7 heteroatoms. The minimum atomic E-state index is -3.06. The number of amides is 2. The maximum Gasteiger partial charge on any atom is 0.233 e. The first-order chi connectivity index (χ1) is 10.7. The number of sulfone groups is 1. The van der Waals surface area contributed by atoms with Crippen molar-refractivity contribution in [1.82, 2.24) is 4.90 Å². The smallest absolute Gasteiger partial charge is 0.233 e. The Morgan fingerprint density at radius 1 is 1.30 bits per heavy atom. The zero-order valence-electron chi connectivity index (χ0n) is 13.6. The number of aryl methyl sites for hydroxylation is 2. The van der Waals surface area contributed by atoms with Gasteiger partial charge in [0.25, 0.3) is 0 Å². The molecule has 1 heterocycles. The molecule has 1 aliphatic rings. The third kappa shape index (κ3) is 4.54. The largest absolute Gasteiger partial charge is 0.341 e. The van der Waals surface area contributed by atoms with Crippen molar-refractivity contribution >= 4 is 27.3 Å². The minimum absolute atomic E-state index is 0.0200. The van der Waals surface area contributed by atoms with Crippen LogP contribution in [0.5, 0.6) is 0 Å². The van der Waals surface area contributed by atoms with Gasteiger partial charge >= 0.3 is 0 Å². The van der Waals surface area contributed by atoms with Crippen LogP contribution in [0.25, 0.3) is 0 Å². The van der Waals surface area contributed by atoms with Crippen molar-refractivity contribution < 1.29 is 18.0 Å². The molecule has 1 aromatic carbocycles. The molecule has 2 amide bonds. The van der Waals surface area contributed by atoms with E-state index in [9.17, 15) is 18.0 Å². The fourth-order valence-corrected chi connectivity index (χ4v) is 4.39. The number of nitrogens with one attached hydrogen (secondary N) is 1. The summed E-state index contributed by atoms with van der Waals surface area (Å²) in [6.45, 7) is 3.81. The molecule has 126 valence electrons. The first-order valence-electron chi connectivity index (χ1n) is 7.51. The lowest BCUT2D eigenvalue weighted by atomic mass is 10.1. The van der Waals surface area contributed by atoms with Gasteiger partial charge in [0.15, 0.2) is 9.84 Å². The molecule has 0 radical (unpaired) electrons. The van der Waals surface area contributed by atoms with E-state index in [-0.39, 0.29) is 29.9 Å². The van der Waals surface area contributed by atoms with Gasteiger partial charge < -0.3 is 10.2 Å². The molecule has 1 unspecified atom stereocenters. The van der Waals surface area contributed by atoms with E-state index in [1.54, 1.807) is 7.05 Å². The number of nitrogens with zero attached hydrogens (tertiary/aromatic N) is 1.